The molecule has 1 saturated heterocycles. The molecule has 1 heterocycles. The Hall–Kier alpha value is -0.0800. The Morgan fingerprint density at radius 3 is 2.06 bits per heavy atom. The van der Waals surface area contributed by atoms with E-state index < -0.39 is 0 Å². The van der Waals surface area contributed by atoms with Crippen LogP contribution in [0.3, 0.4) is 0 Å². The Bertz CT molecular complexity index is 246. The summed E-state index contributed by atoms with van der Waals surface area (Å²) in [7, 11) is 0. The molecule has 0 atom stereocenters. The molecule has 0 amide bonds. The van der Waals surface area contributed by atoms with E-state index in [1.807, 2.05) is 0 Å². The highest BCUT2D eigenvalue weighted by Crippen LogP contribution is 2.49. The van der Waals surface area contributed by atoms with E-state index in [0.29, 0.717) is 16.9 Å². The lowest BCUT2D eigenvalue weighted by Gasteiger charge is -2.51. The number of likely N-dealkylation sites (tertiary alicyclic amines) is 1. The smallest absolute Gasteiger partial charge is 0.0538 e. The average molecular weight is 239 g/mol. The maximum atomic E-state index is 5.82. The van der Waals surface area contributed by atoms with E-state index in [1.165, 1.54) is 45.3 Å². The van der Waals surface area contributed by atoms with Crippen molar-refractivity contribution < 1.29 is 4.74 Å². The van der Waals surface area contributed by atoms with Crippen LogP contribution < -0.4 is 0 Å². The molecule has 100 valence electrons. The molecule has 2 aliphatic rings. The molecule has 2 heteroatoms. The third-order valence-electron chi connectivity index (χ3n) is 4.86. The standard InChI is InChI=1S/C15H29NO/c1-5-14(6-2)9-16(10-14)11-15(7-8-15)12-17-13(3)4/h13H,5-12H2,1-4H3. The van der Waals surface area contributed by atoms with Gasteiger partial charge in [-0.05, 0) is 44.9 Å². The van der Waals surface area contributed by atoms with Crippen LogP contribution in [0.1, 0.15) is 53.4 Å². The van der Waals surface area contributed by atoms with Crippen molar-refractivity contribution in [2.24, 2.45) is 10.8 Å². The SMILES string of the molecule is CCC1(CC)CN(CC2(COC(C)C)CC2)C1. The summed E-state index contributed by atoms with van der Waals surface area (Å²) < 4.78 is 5.82. The van der Waals surface area contributed by atoms with E-state index in [9.17, 15) is 0 Å². The molecule has 0 aromatic heterocycles. The topological polar surface area (TPSA) is 12.5 Å². The summed E-state index contributed by atoms with van der Waals surface area (Å²) >= 11 is 0. The van der Waals surface area contributed by atoms with Gasteiger partial charge in [0.15, 0.2) is 0 Å². The lowest BCUT2D eigenvalue weighted by Crippen LogP contribution is -2.57. The molecule has 0 aromatic carbocycles. The number of hydrogen-bond acceptors (Lipinski definition) is 2. The Morgan fingerprint density at radius 2 is 1.65 bits per heavy atom. The summed E-state index contributed by atoms with van der Waals surface area (Å²) in [5, 5.41) is 0. The van der Waals surface area contributed by atoms with E-state index in [4.69, 9.17) is 4.74 Å². The minimum Gasteiger partial charge on any atom is -0.378 e. The van der Waals surface area contributed by atoms with E-state index in [2.05, 4.69) is 32.6 Å². The molecule has 1 aliphatic heterocycles. The van der Waals surface area contributed by atoms with Crippen molar-refractivity contribution in [3.8, 4) is 0 Å². The molecule has 0 spiro atoms. The molecule has 2 rings (SSSR count). The minimum absolute atomic E-state index is 0.384. The molecule has 0 radical (unpaired) electrons. The maximum absolute atomic E-state index is 5.82. The highest BCUT2D eigenvalue weighted by Gasteiger charge is 2.49. The lowest BCUT2D eigenvalue weighted by molar-refractivity contribution is -0.0381. The van der Waals surface area contributed by atoms with Crippen LogP contribution in [0.4, 0.5) is 0 Å². The molecule has 17 heavy (non-hydrogen) atoms. The van der Waals surface area contributed by atoms with Crippen LogP contribution in [0.15, 0.2) is 0 Å². The second-order valence-corrected chi connectivity index (χ2v) is 6.71. The van der Waals surface area contributed by atoms with Gasteiger partial charge < -0.3 is 9.64 Å². The summed E-state index contributed by atoms with van der Waals surface area (Å²) in [6.45, 7) is 13.9. The summed E-state index contributed by atoms with van der Waals surface area (Å²) in [6, 6.07) is 0. The van der Waals surface area contributed by atoms with Gasteiger partial charge in [-0.15, -0.1) is 0 Å². The van der Waals surface area contributed by atoms with Crippen LogP contribution >= 0.6 is 0 Å². The van der Waals surface area contributed by atoms with Crippen molar-refractivity contribution in [2.45, 2.75) is 59.5 Å². The normalized spacial score (nSPS) is 25.9. The zero-order valence-electron chi connectivity index (χ0n) is 12.1. The maximum Gasteiger partial charge on any atom is 0.0538 e. The van der Waals surface area contributed by atoms with Crippen molar-refractivity contribution in [1.82, 2.24) is 4.90 Å². The van der Waals surface area contributed by atoms with E-state index in [1.54, 1.807) is 0 Å². The van der Waals surface area contributed by atoms with E-state index >= 15 is 0 Å². The Morgan fingerprint density at radius 1 is 1.06 bits per heavy atom. The van der Waals surface area contributed by atoms with Crippen LogP contribution in [-0.4, -0.2) is 37.2 Å². The molecule has 0 bridgehead atoms. The van der Waals surface area contributed by atoms with Crippen LogP contribution in [0.2, 0.25) is 0 Å². The van der Waals surface area contributed by atoms with Crippen molar-refractivity contribution >= 4 is 0 Å². The van der Waals surface area contributed by atoms with Crippen LogP contribution in [0.5, 0.6) is 0 Å². The number of rotatable bonds is 7. The minimum atomic E-state index is 0.384. The molecule has 1 saturated carbocycles. The van der Waals surface area contributed by atoms with Crippen LogP contribution in [-0.2, 0) is 4.74 Å². The molecular formula is C15H29NO. The highest BCUT2D eigenvalue weighted by atomic mass is 16.5. The first-order chi connectivity index (χ1) is 8.03. The fourth-order valence-electron chi connectivity index (χ4n) is 3.05. The first kappa shape index (κ1) is 13.4. The zero-order valence-corrected chi connectivity index (χ0v) is 12.1. The molecule has 2 nitrogen and oxygen atoms in total. The predicted octanol–water partition coefficient (Wildman–Crippen LogP) is 3.31. The van der Waals surface area contributed by atoms with Gasteiger partial charge in [-0.3, -0.25) is 0 Å². The lowest BCUT2D eigenvalue weighted by atomic mass is 9.74. The molecule has 2 fully saturated rings. The predicted molar refractivity (Wildman–Crippen MR) is 72.2 cm³/mol. The van der Waals surface area contributed by atoms with Gasteiger partial charge in [0.25, 0.3) is 0 Å². The fourth-order valence-corrected chi connectivity index (χ4v) is 3.05. The monoisotopic (exact) mass is 239 g/mol. The van der Waals surface area contributed by atoms with Crippen LogP contribution in [0, 0.1) is 10.8 Å². The van der Waals surface area contributed by atoms with Gasteiger partial charge in [-0.2, -0.15) is 0 Å². The van der Waals surface area contributed by atoms with Crippen molar-refractivity contribution in [3.63, 3.8) is 0 Å². The number of nitrogens with zero attached hydrogens (tertiary/aromatic N) is 1. The van der Waals surface area contributed by atoms with Crippen molar-refractivity contribution in [2.75, 3.05) is 26.2 Å². The highest BCUT2D eigenvalue weighted by molar-refractivity contribution is 5.01. The zero-order chi connectivity index (χ0) is 12.5. The fraction of sp³-hybridized carbons (Fsp3) is 1.00. The largest absolute Gasteiger partial charge is 0.378 e. The van der Waals surface area contributed by atoms with Gasteiger partial charge in [0, 0.05) is 25.0 Å². The summed E-state index contributed by atoms with van der Waals surface area (Å²) in [6.07, 6.45) is 5.82. The third kappa shape index (κ3) is 3.03. The van der Waals surface area contributed by atoms with Gasteiger partial charge >= 0.3 is 0 Å². The quantitative estimate of drug-likeness (QED) is 0.676. The Labute approximate surface area is 107 Å². The van der Waals surface area contributed by atoms with Crippen molar-refractivity contribution in [3.05, 3.63) is 0 Å². The summed E-state index contributed by atoms with van der Waals surface area (Å²) in [4.78, 5) is 2.66. The molecular weight excluding hydrogens is 210 g/mol. The second-order valence-electron chi connectivity index (χ2n) is 6.71. The van der Waals surface area contributed by atoms with Gasteiger partial charge in [0.05, 0.1) is 12.7 Å². The first-order valence-electron chi connectivity index (χ1n) is 7.37. The van der Waals surface area contributed by atoms with E-state index in [0.717, 1.165) is 6.61 Å². The average Bonchev–Trinajstić information content (AvgIpc) is 3.01. The van der Waals surface area contributed by atoms with Gasteiger partial charge in [0.1, 0.15) is 0 Å². The Balaban J connectivity index is 1.73. The second kappa shape index (κ2) is 4.89. The molecule has 1 aliphatic carbocycles. The van der Waals surface area contributed by atoms with Crippen molar-refractivity contribution in [1.29, 1.82) is 0 Å². The molecule has 0 aromatic rings. The Kier molecular flexibility index (Phi) is 3.84. The summed E-state index contributed by atoms with van der Waals surface area (Å²) in [5.41, 5.74) is 1.17. The number of hydrogen-bond donors (Lipinski definition) is 0. The first-order valence-corrected chi connectivity index (χ1v) is 7.37. The number of ether oxygens (including phenoxy) is 1. The van der Waals surface area contributed by atoms with Gasteiger partial charge in [0.2, 0.25) is 0 Å². The summed E-state index contributed by atoms with van der Waals surface area (Å²) in [5.74, 6) is 0. The van der Waals surface area contributed by atoms with Crippen LogP contribution in [0.25, 0.3) is 0 Å². The van der Waals surface area contributed by atoms with Gasteiger partial charge in [-0.25, -0.2) is 0 Å². The van der Waals surface area contributed by atoms with Gasteiger partial charge in [-0.1, -0.05) is 13.8 Å². The molecule has 0 unspecified atom stereocenters. The third-order valence-corrected chi connectivity index (χ3v) is 4.86. The molecule has 0 N–H and O–H groups in total. The van der Waals surface area contributed by atoms with E-state index in [-0.39, 0.29) is 0 Å².